The highest BCUT2D eigenvalue weighted by atomic mass is 32.1. The maximum Gasteiger partial charge on any atom is 0.407 e. The number of carboxylic acid groups (broad SMARTS) is 1. The van der Waals surface area contributed by atoms with Crippen molar-refractivity contribution < 1.29 is 24.2 Å². The summed E-state index contributed by atoms with van der Waals surface area (Å²) in [6.45, 7) is 1.83. The number of alkyl carbamates (subject to hydrolysis) is 1. The van der Waals surface area contributed by atoms with Crippen LogP contribution >= 0.6 is 11.5 Å². The Morgan fingerprint density at radius 1 is 1.06 bits per heavy atom. The summed E-state index contributed by atoms with van der Waals surface area (Å²) in [4.78, 5) is 36.7. The fraction of sp³-hybridized carbons (Fsp3) is 0.308. The minimum absolute atomic E-state index is 0.0125. The van der Waals surface area contributed by atoms with Gasteiger partial charge in [-0.1, -0.05) is 48.5 Å². The third-order valence-corrected chi connectivity index (χ3v) is 7.64. The van der Waals surface area contributed by atoms with Crippen LogP contribution in [0, 0.1) is 12.8 Å². The SMILES string of the molecule is Cc1nsc(NC(=O)[C@@H]2CC[C@H](NC(=O)OCC3c4ccccc4-c4ccccc43)C2)c1C(=O)O. The van der Waals surface area contributed by atoms with E-state index in [-0.39, 0.29) is 41.0 Å². The Balaban J connectivity index is 1.15. The lowest BCUT2D eigenvalue weighted by atomic mass is 9.98. The standard InChI is InChI=1S/C26H25N3O5S/c1-14-22(25(31)32)24(35-29-14)28-23(30)15-10-11-16(12-15)27-26(33)34-13-21-19-8-4-2-6-17(19)18-7-3-5-9-20(18)21/h2-9,15-16,21H,10-13H2,1H3,(H,27,33)(H,28,30)(H,31,32)/t15-,16+/m1/s1. The van der Waals surface area contributed by atoms with Crippen molar-refractivity contribution in [3.63, 3.8) is 0 Å². The number of nitrogens with zero attached hydrogens (tertiary/aromatic N) is 1. The molecule has 2 aromatic carbocycles. The maximum absolute atomic E-state index is 12.7. The van der Waals surface area contributed by atoms with Crippen LogP contribution in [0.25, 0.3) is 11.1 Å². The zero-order valence-electron chi connectivity index (χ0n) is 19.1. The summed E-state index contributed by atoms with van der Waals surface area (Å²) in [7, 11) is 0. The molecule has 180 valence electrons. The van der Waals surface area contributed by atoms with E-state index in [2.05, 4.69) is 39.3 Å². The van der Waals surface area contributed by atoms with Crippen molar-refractivity contribution >= 4 is 34.5 Å². The summed E-state index contributed by atoms with van der Waals surface area (Å²) in [6, 6.07) is 16.2. The van der Waals surface area contributed by atoms with Gasteiger partial charge in [-0.15, -0.1) is 0 Å². The molecule has 9 heteroatoms. The van der Waals surface area contributed by atoms with Crippen molar-refractivity contribution in [2.24, 2.45) is 5.92 Å². The zero-order chi connectivity index (χ0) is 24.5. The molecule has 0 bridgehead atoms. The van der Waals surface area contributed by atoms with E-state index in [9.17, 15) is 19.5 Å². The van der Waals surface area contributed by atoms with Gasteiger partial charge in [0, 0.05) is 17.9 Å². The number of anilines is 1. The molecule has 0 aliphatic heterocycles. The minimum atomic E-state index is -1.12. The Labute approximate surface area is 206 Å². The van der Waals surface area contributed by atoms with Gasteiger partial charge in [0.25, 0.3) is 0 Å². The first-order valence-electron chi connectivity index (χ1n) is 11.5. The summed E-state index contributed by atoms with van der Waals surface area (Å²) >= 11 is 0.959. The number of aromatic carboxylic acids is 1. The Bertz CT molecular complexity index is 1260. The number of benzene rings is 2. The van der Waals surface area contributed by atoms with E-state index in [4.69, 9.17) is 4.74 Å². The maximum atomic E-state index is 12.7. The first-order chi connectivity index (χ1) is 16.9. The van der Waals surface area contributed by atoms with Crippen LogP contribution in [-0.4, -0.2) is 40.1 Å². The molecule has 2 amide bonds. The van der Waals surface area contributed by atoms with Gasteiger partial charge in [-0.25, -0.2) is 9.59 Å². The van der Waals surface area contributed by atoms with Gasteiger partial charge in [-0.05, 0) is 60.0 Å². The van der Waals surface area contributed by atoms with Crippen LogP contribution in [0.15, 0.2) is 48.5 Å². The van der Waals surface area contributed by atoms with Crippen LogP contribution in [0.3, 0.4) is 0 Å². The quantitative estimate of drug-likeness (QED) is 0.456. The number of rotatable bonds is 6. The Kier molecular flexibility index (Phi) is 6.25. The molecule has 2 atom stereocenters. The van der Waals surface area contributed by atoms with Crippen molar-refractivity contribution in [3.8, 4) is 11.1 Å². The van der Waals surface area contributed by atoms with Crippen molar-refractivity contribution in [2.75, 3.05) is 11.9 Å². The normalized spacial score (nSPS) is 18.5. The largest absolute Gasteiger partial charge is 0.478 e. The van der Waals surface area contributed by atoms with Crippen molar-refractivity contribution in [1.29, 1.82) is 0 Å². The van der Waals surface area contributed by atoms with Gasteiger partial charge < -0.3 is 20.5 Å². The van der Waals surface area contributed by atoms with Gasteiger partial charge in [-0.2, -0.15) is 4.37 Å². The average Bonchev–Trinajstić information content (AvgIpc) is 3.54. The van der Waals surface area contributed by atoms with Crippen LogP contribution in [0.4, 0.5) is 9.80 Å². The van der Waals surface area contributed by atoms with Crippen molar-refractivity contribution in [3.05, 3.63) is 70.9 Å². The smallest absolute Gasteiger partial charge is 0.407 e. The van der Waals surface area contributed by atoms with E-state index in [1.807, 2.05) is 24.3 Å². The summed E-state index contributed by atoms with van der Waals surface area (Å²) in [6.07, 6.45) is 1.22. The van der Waals surface area contributed by atoms with E-state index < -0.39 is 12.1 Å². The molecule has 3 aromatic rings. The number of carbonyl (C=O) groups excluding carboxylic acids is 2. The molecular formula is C26H25N3O5S. The molecule has 0 spiro atoms. The second kappa shape index (κ2) is 9.50. The lowest BCUT2D eigenvalue weighted by Crippen LogP contribution is -2.35. The number of carboxylic acids is 1. The Morgan fingerprint density at radius 3 is 2.37 bits per heavy atom. The lowest BCUT2D eigenvalue weighted by Gasteiger charge is -2.17. The first-order valence-corrected chi connectivity index (χ1v) is 12.3. The second-order valence-corrected chi connectivity index (χ2v) is 9.72. The zero-order valence-corrected chi connectivity index (χ0v) is 19.9. The van der Waals surface area contributed by atoms with E-state index in [1.165, 1.54) is 11.1 Å². The van der Waals surface area contributed by atoms with Gasteiger partial charge in [0.05, 0.1) is 5.69 Å². The summed E-state index contributed by atoms with van der Waals surface area (Å²) < 4.78 is 9.64. The fourth-order valence-electron chi connectivity index (χ4n) is 5.08. The summed E-state index contributed by atoms with van der Waals surface area (Å²) in [5, 5.41) is 15.2. The van der Waals surface area contributed by atoms with Crippen LogP contribution in [0.1, 0.15) is 52.4 Å². The number of nitrogens with one attached hydrogen (secondary N) is 2. The number of amides is 2. The number of ether oxygens (including phenoxy) is 1. The highest BCUT2D eigenvalue weighted by Crippen LogP contribution is 2.44. The first kappa shape index (κ1) is 23.0. The van der Waals surface area contributed by atoms with E-state index in [0.29, 0.717) is 25.0 Å². The number of aromatic nitrogens is 1. The molecule has 2 aliphatic rings. The molecule has 1 fully saturated rings. The Morgan fingerprint density at radius 2 is 1.71 bits per heavy atom. The Hall–Kier alpha value is -3.72. The number of hydrogen-bond donors (Lipinski definition) is 3. The van der Waals surface area contributed by atoms with E-state index in [0.717, 1.165) is 22.7 Å². The van der Waals surface area contributed by atoms with Gasteiger partial charge in [-0.3, -0.25) is 4.79 Å². The average molecular weight is 492 g/mol. The second-order valence-electron chi connectivity index (χ2n) is 8.94. The van der Waals surface area contributed by atoms with Crippen molar-refractivity contribution in [1.82, 2.24) is 9.69 Å². The van der Waals surface area contributed by atoms with Gasteiger partial charge in [0.15, 0.2) is 0 Å². The third-order valence-electron chi connectivity index (χ3n) is 6.78. The number of carbonyl (C=O) groups is 3. The predicted octanol–water partition coefficient (Wildman–Crippen LogP) is 4.80. The van der Waals surface area contributed by atoms with Crippen LogP contribution in [-0.2, 0) is 9.53 Å². The van der Waals surface area contributed by atoms with Crippen LogP contribution in [0.2, 0.25) is 0 Å². The molecule has 1 aromatic heterocycles. The molecule has 1 heterocycles. The van der Waals surface area contributed by atoms with Crippen LogP contribution < -0.4 is 10.6 Å². The number of aryl methyl sites for hydroxylation is 1. The van der Waals surface area contributed by atoms with Gasteiger partial charge >= 0.3 is 12.1 Å². The molecular weight excluding hydrogens is 466 g/mol. The van der Waals surface area contributed by atoms with E-state index in [1.54, 1.807) is 6.92 Å². The highest BCUT2D eigenvalue weighted by molar-refractivity contribution is 7.11. The molecule has 0 unspecified atom stereocenters. The molecule has 3 N–H and O–H groups in total. The molecule has 0 saturated heterocycles. The number of hydrogen-bond acceptors (Lipinski definition) is 6. The third kappa shape index (κ3) is 4.51. The lowest BCUT2D eigenvalue weighted by molar-refractivity contribution is -0.119. The molecule has 1 saturated carbocycles. The predicted molar refractivity (Wildman–Crippen MR) is 132 cm³/mol. The molecule has 35 heavy (non-hydrogen) atoms. The monoisotopic (exact) mass is 491 g/mol. The number of fused-ring (bicyclic) bond motifs is 3. The van der Waals surface area contributed by atoms with E-state index >= 15 is 0 Å². The highest BCUT2D eigenvalue weighted by Gasteiger charge is 2.33. The summed E-state index contributed by atoms with van der Waals surface area (Å²) in [5.74, 6) is -1.71. The summed E-state index contributed by atoms with van der Waals surface area (Å²) in [5.41, 5.74) is 5.04. The molecule has 2 aliphatic carbocycles. The molecule has 5 rings (SSSR count). The van der Waals surface area contributed by atoms with Crippen LogP contribution in [0.5, 0.6) is 0 Å². The topological polar surface area (TPSA) is 118 Å². The molecule has 8 nitrogen and oxygen atoms in total. The van der Waals surface area contributed by atoms with Crippen molar-refractivity contribution in [2.45, 2.75) is 38.1 Å². The fourth-order valence-corrected chi connectivity index (χ4v) is 5.87. The minimum Gasteiger partial charge on any atom is -0.478 e. The van der Waals surface area contributed by atoms with Gasteiger partial charge in [0.1, 0.15) is 17.2 Å². The van der Waals surface area contributed by atoms with Gasteiger partial charge in [0.2, 0.25) is 5.91 Å². The molecule has 0 radical (unpaired) electrons.